The number of hydrogen-bond acceptors (Lipinski definition) is 4. The fraction of sp³-hybridized carbons (Fsp3) is 0.308. The fourth-order valence-electron chi connectivity index (χ4n) is 1.57. The van der Waals surface area contributed by atoms with Gasteiger partial charge in [0.1, 0.15) is 12.4 Å². The molecule has 17 heavy (non-hydrogen) atoms. The lowest BCUT2D eigenvalue weighted by Crippen LogP contribution is -2.00. The summed E-state index contributed by atoms with van der Waals surface area (Å²) in [7, 11) is 0. The van der Waals surface area contributed by atoms with Crippen LogP contribution in [0.25, 0.3) is 0 Å². The summed E-state index contributed by atoms with van der Waals surface area (Å²) in [5.41, 5.74) is 3.72. The van der Waals surface area contributed by atoms with Crippen molar-refractivity contribution in [3.8, 4) is 5.75 Å². The number of nitrogens with zero attached hydrogens (tertiary/aromatic N) is 1. The first-order valence-corrected chi connectivity index (χ1v) is 6.33. The van der Waals surface area contributed by atoms with Gasteiger partial charge >= 0.3 is 0 Å². The van der Waals surface area contributed by atoms with Crippen molar-refractivity contribution in [3.63, 3.8) is 0 Å². The maximum absolute atomic E-state index is 9.66. The summed E-state index contributed by atoms with van der Waals surface area (Å²) < 4.78 is 5.73. The standard InChI is InChI=1S/C13H15NO2S/c1-9-3-4-12(10(2)15)13(5-9)16-7-11-6-14-8-17-11/h3-6,8,10,15H,7H2,1-2H3/t10-/m1/s1. The summed E-state index contributed by atoms with van der Waals surface area (Å²) in [4.78, 5) is 5.07. The maximum Gasteiger partial charge on any atom is 0.125 e. The van der Waals surface area contributed by atoms with E-state index in [9.17, 15) is 5.11 Å². The van der Waals surface area contributed by atoms with E-state index in [1.54, 1.807) is 30.0 Å². The number of rotatable bonds is 4. The minimum Gasteiger partial charge on any atom is -0.488 e. The zero-order valence-corrected chi connectivity index (χ0v) is 10.7. The van der Waals surface area contributed by atoms with Gasteiger partial charge in [0.2, 0.25) is 0 Å². The van der Waals surface area contributed by atoms with E-state index in [4.69, 9.17) is 4.74 Å². The molecule has 1 aromatic carbocycles. The Morgan fingerprint density at radius 1 is 1.47 bits per heavy atom. The molecule has 0 fully saturated rings. The van der Waals surface area contributed by atoms with Gasteiger partial charge in [-0.05, 0) is 25.5 Å². The number of ether oxygens (including phenoxy) is 1. The molecule has 0 saturated heterocycles. The summed E-state index contributed by atoms with van der Waals surface area (Å²) in [5, 5.41) is 9.66. The third kappa shape index (κ3) is 3.05. The summed E-state index contributed by atoms with van der Waals surface area (Å²) >= 11 is 1.56. The van der Waals surface area contributed by atoms with E-state index in [1.807, 2.05) is 25.1 Å². The van der Waals surface area contributed by atoms with Crippen LogP contribution in [0.15, 0.2) is 29.9 Å². The van der Waals surface area contributed by atoms with Gasteiger partial charge in [0.05, 0.1) is 16.5 Å². The topological polar surface area (TPSA) is 42.4 Å². The third-order valence-corrected chi connectivity index (χ3v) is 3.23. The molecule has 90 valence electrons. The molecule has 4 heteroatoms. The van der Waals surface area contributed by atoms with Gasteiger partial charge in [-0.1, -0.05) is 12.1 Å². The van der Waals surface area contributed by atoms with Gasteiger partial charge in [-0.3, -0.25) is 4.98 Å². The first-order valence-electron chi connectivity index (χ1n) is 5.45. The Balaban J connectivity index is 2.16. The van der Waals surface area contributed by atoms with Gasteiger partial charge in [0, 0.05) is 11.8 Å². The van der Waals surface area contributed by atoms with Crippen LogP contribution in [0.1, 0.15) is 29.0 Å². The van der Waals surface area contributed by atoms with Crippen molar-refractivity contribution in [2.45, 2.75) is 26.6 Å². The number of hydrogen-bond donors (Lipinski definition) is 1. The molecule has 2 aromatic rings. The van der Waals surface area contributed by atoms with Crippen LogP contribution in [0, 0.1) is 6.92 Å². The predicted molar refractivity (Wildman–Crippen MR) is 68.3 cm³/mol. The largest absolute Gasteiger partial charge is 0.488 e. The highest BCUT2D eigenvalue weighted by Gasteiger charge is 2.09. The van der Waals surface area contributed by atoms with Crippen molar-refractivity contribution in [1.82, 2.24) is 4.98 Å². The third-order valence-electron chi connectivity index (χ3n) is 2.47. The molecular formula is C13H15NO2S. The number of thiazole rings is 1. The predicted octanol–water partition coefficient (Wildman–Crippen LogP) is 3.08. The quantitative estimate of drug-likeness (QED) is 0.905. The van der Waals surface area contributed by atoms with Gasteiger partial charge in [-0.25, -0.2) is 0 Å². The molecule has 0 spiro atoms. The monoisotopic (exact) mass is 249 g/mol. The van der Waals surface area contributed by atoms with Crippen LogP contribution < -0.4 is 4.74 Å². The summed E-state index contributed by atoms with van der Waals surface area (Å²) in [6.45, 7) is 4.24. The molecule has 1 N–H and O–H groups in total. The Bertz CT molecular complexity index is 480. The molecule has 0 saturated carbocycles. The average molecular weight is 249 g/mol. The Hall–Kier alpha value is -1.39. The van der Waals surface area contributed by atoms with Gasteiger partial charge in [0.25, 0.3) is 0 Å². The molecular weight excluding hydrogens is 234 g/mol. The molecule has 0 radical (unpaired) electrons. The number of aromatic nitrogens is 1. The van der Waals surface area contributed by atoms with Gasteiger partial charge in [-0.2, -0.15) is 0 Å². The van der Waals surface area contributed by atoms with Crippen molar-refractivity contribution in [3.05, 3.63) is 45.9 Å². The van der Waals surface area contributed by atoms with E-state index < -0.39 is 6.10 Å². The molecule has 0 aliphatic heterocycles. The van der Waals surface area contributed by atoms with E-state index >= 15 is 0 Å². The zero-order valence-electron chi connectivity index (χ0n) is 9.88. The fourth-order valence-corrected chi connectivity index (χ4v) is 2.08. The highest BCUT2D eigenvalue weighted by atomic mass is 32.1. The van der Waals surface area contributed by atoms with E-state index in [0.29, 0.717) is 6.61 Å². The molecule has 0 unspecified atom stereocenters. The zero-order chi connectivity index (χ0) is 12.3. The van der Waals surface area contributed by atoms with Crippen LogP contribution in [0.5, 0.6) is 5.75 Å². The van der Waals surface area contributed by atoms with Crippen LogP contribution >= 0.6 is 11.3 Å². The minimum atomic E-state index is -0.521. The Morgan fingerprint density at radius 2 is 2.29 bits per heavy atom. The molecule has 1 heterocycles. The first kappa shape index (κ1) is 12.1. The van der Waals surface area contributed by atoms with Gasteiger partial charge in [0.15, 0.2) is 0 Å². The molecule has 0 aliphatic carbocycles. The van der Waals surface area contributed by atoms with Crippen LogP contribution in [0.2, 0.25) is 0 Å². The molecule has 0 amide bonds. The summed E-state index contributed by atoms with van der Waals surface area (Å²) in [6, 6.07) is 5.83. The molecule has 1 aromatic heterocycles. The maximum atomic E-state index is 9.66. The number of aryl methyl sites for hydroxylation is 1. The average Bonchev–Trinajstić information content (AvgIpc) is 2.78. The minimum absolute atomic E-state index is 0.494. The van der Waals surface area contributed by atoms with Crippen molar-refractivity contribution < 1.29 is 9.84 Å². The van der Waals surface area contributed by atoms with Crippen LogP contribution in [0.4, 0.5) is 0 Å². The van der Waals surface area contributed by atoms with Crippen molar-refractivity contribution in [1.29, 1.82) is 0 Å². The Kier molecular flexibility index (Phi) is 3.76. The molecule has 3 nitrogen and oxygen atoms in total. The molecule has 0 bridgehead atoms. The van der Waals surface area contributed by atoms with E-state index in [0.717, 1.165) is 21.8 Å². The van der Waals surface area contributed by atoms with Crippen LogP contribution in [-0.4, -0.2) is 10.1 Å². The van der Waals surface area contributed by atoms with Crippen molar-refractivity contribution in [2.75, 3.05) is 0 Å². The van der Waals surface area contributed by atoms with Crippen LogP contribution in [-0.2, 0) is 6.61 Å². The molecule has 1 atom stereocenters. The lowest BCUT2D eigenvalue weighted by molar-refractivity contribution is 0.190. The van der Waals surface area contributed by atoms with Crippen LogP contribution in [0.3, 0.4) is 0 Å². The number of aliphatic hydroxyl groups is 1. The van der Waals surface area contributed by atoms with Crippen molar-refractivity contribution >= 4 is 11.3 Å². The Labute approximate surface area is 105 Å². The first-order chi connectivity index (χ1) is 8.16. The number of aliphatic hydroxyl groups excluding tert-OH is 1. The normalized spacial score (nSPS) is 12.4. The van der Waals surface area contributed by atoms with Crippen molar-refractivity contribution in [2.24, 2.45) is 0 Å². The second kappa shape index (κ2) is 5.29. The second-order valence-corrected chi connectivity index (χ2v) is 4.94. The smallest absolute Gasteiger partial charge is 0.125 e. The molecule has 0 aliphatic rings. The Morgan fingerprint density at radius 3 is 2.94 bits per heavy atom. The highest BCUT2D eigenvalue weighted by molar-refractivity contribution is 7.09. The second-order valence-electron chi connectivity index (χ2n) is 3.97. The highest BCUT2D eigenvalue weighted by Crippen LogP contribution is 2.27. The number of benzene rings is 1. The molecule has 2 rings (SSSR count). The SMILES string of the molecule is Cc1ccc([C@@H](C)O)c(OCc2cncs2)c1. The lowest BCUT2D eigenvalue weighted by atomic mass is 10.1. The van der Waals surface area contributed by atoms with E-state index in [1.165, 1.54) is 0 Å². The van der Waals surface area contributed by atoms with Gasteiger partial charge < -0.3 is 9.84 Å². The summed E-state index contributed by atoms with van der Waals surface area (Å²) in [6.07, 6.45) is 1.27. The lowest BCUT2D eigenvalue weighted by Gasteiger charge is -2.13. The van der Waals surface area contributed by atoms with Gasteiger partial charge in [-0.15, -0.1) is 11.3 Å². The van der Waals surface area contributed by atoms with E-state index in [-0.39, 0.29) is 0 Å². The van der Waals surface area contributed by atoms with E-state index in [2.05, 4.69) is 4.98 Å². The summed E-state index contributed by atoms with van der Waals surface area (Å²) in [5.74, 6) is 0.744.